The molecule has 0 unspecified atom stereocenters. The number of aryl methyl sites for hydroxylation is 3. The molecule has 0 aliphatic heterocycles. The fourth-order valence-electron chi connectivity index (χ4n) is 2.52. The zero-order valence-electron chi connectivity index (χ0n) is 11.6. The maximum absolute atomic E-state index is 12.4. The predicted octanol–water partition coefficient (Wildman–Crippen LogP) is 2.08. The number of hydrogen-bond donors (Lipinski definition) is 0. The van der Waals surface area contributed by atoms with E-state index in [2.05, 4.69) is 5.10 Å². The van der Waals surface area contributed by atoms with E-state index in [0.717, 1.165) is 22.4 Å². The van der Waals surface area contributed by atoms with Crippen LogP contribution in [0.25, 0.3) is 11.0 Å². The summed E-state index contributed by atoms with van der Waals surface area (Å²) in [4.78, 5) is 12.4. The standard InChI is InChI=1S/C14H15ClN4O/c1-9-13(15)12(18(3)16-9)8-19-11-7-5-4-6-10(11)17(2)14(19)20/h4-7H,8H2,1-3H3. The lowest BCUT2D eigenvalue weighted by molar-refractivity contribution is 0.650. The second-order valence-corrected chi connectivity index (χ2v) is 5.26. The first-order chi connectivity index (χ1) is 9.50. The van der Waals surface area contributed by atoms with Crippen LogP contribution in [0.1, 0.15) is 11.4 Å². The molecule has 104 valence electrons. The van der Waals surface area contributed by atoms with Crippen LogP contribution in [-0.2, 0) is 20.6 Å². The third kappa shape index (κ3) is 1.78. The molecular weight excluding hydrogens is 276 g/mol. The number of benzene rings is 1. The van der Waals surface area contributed by atoms with Crippen LogP contribution < -0.4 is 5.69 Å². The predicted molar refractivity (Wildman–Crippen MR) is 79.2 cm³/mol. The number of para-hydroxylation sites is 2. The van der Waals surface area contributed by atoms with E-state index in [9.17, 15) is 4.79 Å². The van der Waals surface area contributed by atoms with Gasteiger partial charge in [-0.1, -0.05) is 23.7 Å². The smallest absolute Gasteiger partial charge is 0.295 e. The lowest BCUT2D eigenvalue weighted by Crippen LogP contribution is -2.23. The summed E-state index contributed by atoms with van der Waals surface area (Å²) < 4.78 is 5.09. The Kier molecular flexibility index (Phi) is 2.94. The van der Waals surface area contributed by atoms with E-state index in [1.807, 2.05) is 38.2 Å². The average Bonchev–Trinajstić information content (AvgIpc) is 2.82. The quantitative estimate of drug-likeness (QED) is 0.725. The van der Waals surface area contributed by atoms with Gasteiger partial charge >= 0.3 is 5.69 Å². The molecular formula is C14H15ClN4O. The van der Waals surface area contributed by atoms with Gasteiger partial charge in [-0.05, 0) is 19.1 Å². The summed E-state index contributed by atoms with van der Waals surface area (Å²) in [6.07, 6.45) is 0. The third-order valence-electron chi connectivity index (χ3n) is 3.62. The first kappa shape index (κ1) is 13.0. The highest BCUT2D eigenvalue weighted by Gasteiger charge is 2.16. The molecule has 0 fully saturated rings. The molecule has 0 N–H and O–H groups in total. The summed E-state index contributed by atoms with van der Waals surface area (Å²) in [6.45, 7) is 2.27. The Labute approximate surface area is 121 Å². The van der Waals surface area contributed by atoms with Crippen molar-refractivity contribution in [3.8, 4) is 0 Å². The minimum Gasteiger partial charge on any atom is -0.295 e. The SMILES string of the molecule is Cc1nn(C)c(Cn2c(=O)n(C)c3ccccc32)c1Cl. The van der Waals surface area contributed by atoms with Crippen LogP contribution in [0.4, 0.5) is 0 Å². The zero-order chi connectivity index (χ0) is 14.4. The largest absolute Gasteiger partial charge is 0.329 e. The van der Waals surface area contributed by atoms with Crippen LogP contribution in [0, 0.1) is 6.92 Å². The number of nitrogens with zero attached hydrogens (tertiary/aromatic N) is 4. The Hall–Kier alpha value is -2.01. The van der Waals surface area contributed by atoms with Crippen molar-refractivity contribution in [2.45, 2.75) is 13.5 Å². The fourth-order valence-corrected chi connectivity index (χ4v) is 2.74. The highest BCUT2D eigenvalue weighted by Crippen LogP contribution is 2.21. The number of hydrogen-bond acceptors (Lipinski definition) is 2. The molecule has 0 aliphatic rings. The number of halogens is 1. The van der Waals surface area contributed by atoms with Crippen LogP contribution in [-0.4, -0.2) is 18.9 Å². The number of aromatic nitrogens is 4. The maximum atomic E-state index is 12.4. The van der Waals surface area contributed by atoms with Gasteiger partial charge in [0.25, 0.3) is 0 Å². The Morgan fingerprint density at radius 1 is 1.20 bits per heavy atom. The molecule has 0 atom stereocenters. The van der Waals surface area contributed by atoms with E-state index >= 15 is 0 Å². The van der Waals surface area contributed by atoms with Crippen molar-refractivity contribution in [3.63, 3.8) is 0 Å². The van der Waals surface area contributed by atoms with Gasteiger partial charge in [0.05, 0.1) is 34.0 Å². The van der Waals surface area contributed by atoms with Crippen molar-refractivity contribution in [3.05, 3.63) is 51.2 Å². The Balaban J connectivity index is 2.21. The highest BCUT2D eigenvalue weighted by atomic mass is 35.5. The van der Waals surface area contributed by atoms with E-state index in [1.54, 1.807) is 20.9 Å². The molecule has 1 aromatic carbocycles. The summed E-state index contributed by atoms with van der Waals surface area (Å²) in [5, 5.41) is 4.90. The van der Waals surface area contributed by atoms with Crippen LogP contribution >= 0.6 is 11.6 Å². The van der Waals surface area contributed by atoms with Gasteiger partial charge in [-0.3, -0.25) is 13.8 Å². The molecule has 2 heterocycles. The van der Waals surface area contributed by atoms with Crippen molar-refractivity contribution in [2.75, 3.05) is 0 Å². The van der Waals surface area contributed by atoms with Crippen molar-refractivity contribution >= 4 is 22.6 Å². The van der Waals surface area contributed by atoms with Gasteiger partial charge in [0.2, 0.25) is 0 Å². The summed E-state index contributed by atoms with van der Waals surface area (Å²) in [7, 11) is 3.61. The van der Waals surface area contributed by atoms with E-state index in [-0.39, 0.29) is 5.69 Å². The number of fused-ring (bicyclic) bond motifs is 1. The van der Waals surface area contributed by atoms with Crippen molar-refractivity contribution in [1.29, 1.82) is 0 Å². The Bertz CT molecular complexity index is 856. The molecule has 5 nitrogen and oxygen atoms in total. The highest BCUT2D eigenvalue weighted by molar-refractivity contribution is 6.31. The van der Waals surface area contributed by atoms with Gasteiger partial charge in [-0.2, -0.15) is 5.10 Å². The first-order valence-corrected chi connectivity index (χ1v) is 6.70. The lowest BCUT2D eigenvalue weighted by atomic mass is 10.3. The summed E-state index contributed by atoms with van der Waals surface area (Å²) in [5.41, 5.74) is 3.36. The molecule has 3 aromatic rings. The van der Waals surface area contributed by atoms with Crippen LogP contribution in [0.2, 0.25) is 5.02 Å². The van der Waals surface area contributed by atoms with E-state index in [0.29, 0.717) is 11.6 Å². The van der Waals surface area contributed by atoms with E-state index in [4.69, 9.17) is 11.6 Å². The maximum Gasteiger partial charge on any atom is 0.329 e. The molecule has 6 heteroatoms. The van der Waals surface area contributed by atoms with Crippen LogP contribution in [0.3, 0.4) is 0 Å². The number of imidazole rings is 1. The second kappa shape index (κ2) is 4.52. The molecule has 0 saturated heterocycles. The summed E-state index contributed by atoms with van der Waals surface area (Å²) in [5.74, 6) is 0. The van der Waals surface area contributed by atoms with Crippen LogP contribution in [0.15, 0.2) is 29.1 Å². The normalized spacial score (nSPS) is 11.4. The molecule has 0 bridgehead atoms. The van der Waals surface area contributed by atoms with Crippen molar-refractivity contribution in [1.82, 2.24) is 18.9 Å². The van der Waals surface area contributed by atoms with Crippen molar-refractivity contribution in [2.24, 2.45) is 14.1 Å². The van der Waals surface area contributed by atoms with Gasteiger partial charge in [0.15, 0.2) is 0 Å². The monoisotopic (exact) mass is 290 g/mol. The van der Waals surface area contributed by atoms with Gasteiger partial charge in [0, 0.05) is 14.1 Å². The topological polar surface area (TPSA) is 44.8 Å². The first-order valence-electron chi connectivity index (χ1n) is 6.33. The Morgan fingerprint density at radius 3 is 2.45 bits per heavy atom. The van der Waals surface area contributed by atoms with Gasteiger partial charge < -0.3 is 0 Å². The molecule has 20 heavy (non-hydrogen) atoms. The van der Waals surface area contributed by atoms with Gasteiger partial charge in [-0.25, -0.2) is 4.79 Å². The summed E-state index contributed by atoms with van der Waals surface area (Å²) in [6, 6.07) is 7.72. The van der Waals surface area contributed by atoms with Gasteiger partial charge in [0.1, 0.15) is 0 Å². The minimum absolute atomic E-state index is 0.0545. The second-order valence-electron chi connectivity index (χ2n) is 4.89. The zero-order valence-corrected chi connectivity index (χ0v) is 12.3. The molecule has 0 radical (unpaired) electrons. The number of rotatable bonds is 2. The molecule has 0 spiro atoms. The minimum atomic E-state index is -0.0545. The average molecular weight is 291 g/mol. The van der Waals surface area contributed by atoms with Gasteiger partial charge in [-0.15, -0.1) is 0 Å². The summed E-state index contributed by atoms with van der Waals surface area (Å²) >= 11 is 6.27. The Morgan fingerprint density at radius 2 is 1.85 bits per heavy atom. The fraction of sp³-hybridized carbons (Fsp3) is 0.286. The molecule has 0 aliphatic carbocycles. The molecule has 2 aromatic heterocycles. The van der Waals surface area contributed by atoms with E-state index < -0.39 is 0 Å². The van der Waals surface area contributed by atoms with Crippen molar-refractivity contribution < 1.29 is 0 Å². The lowest BCUT2D eigenvalue weighted by Gasteiger charge is -2.04. The molecule has 0 saturated carbocycles. The van der Waals surface area contributed by atoms with E-state index in [1.165, 1.54) is 0 Å². The molecule has 0 amide bonds. The van der Waals surface area contributed by atoms with Crippen LogP contribution in [0.5, 0.6) is 0 Å². The third-order valence-corrected chi connectivity index (χ3v) is 4.11. The molecule has 3 rings (SSSR count).